The van der Waals surface area contributed by atoms with Crippen molar-refractivity contribution in [2.24, 2.45) is 0 Å². The second-order valence-electron chi connectivity index (χ2n) is 3.00. The van der Waals surface area contributed by atoms with Crippen LogP contribution in [0.2, 0.25) is 0 Å². The van der Waals surface area contributed by atoms with Gasteiger partial charge in [-0.3, -0.25) is 0 Å². The Morgan fingerprint density at radius 3 is 3.21 bits per heavy atom. The Balaban J connectivity index is 1.98. The summed E-state index contributed by atoms with van der Waals surface area (Å²) >= 11 is 1.70. The molecule has 14 heavy (non-hydrogen) atoms. The quantitative estimate of drug-likeness (QED) is 0.835. The standard InChI is InChI=1S/C10H13N3S/c1-2-13-5-4-11-10(13)7-12-9-3-6-14-8-9/h3-6,8,12H,2,7H2,1H3. The zero-order chi connectivity index (χ0) is 9.80. The minimum Gasteiger partial charge on any atom is -0.377 e. The van der Waals surface area contributed by atoms with E-state index in [-0.39, 0.29) is 0 Å². The fourth-order valence-corrected chi connectivity index (χ4v) is 1.95. The van der Waals surface area contributed by atoms with Crippen LogP contribution >= 0.6 is 11.3 Å². The van der Waals surface area contributed by atoms with Gasteiger partial charge in [-0.15, -0.1) is 0 Å². The molecule has 0 amide bonds. The van der Waals surface area contributed by atoms with Crippen molar-refractivity contribution < 1.29 is 0 Å². The van der Waals surface area contributed by atoms with E-state index in [9.17, 15) is 0 Å². The molecule has 0 aromatic carbocycles. The molecule has 3 nitrogen and oxygen atoms in total. The van der Waals surface area contributed by atoms with Crippen LogP contribution < -0.4 is 5.32 Å². The van der Waals surface area contributed by atoms with Crippen LogP contribution in [0.4, 0.5) is 5.69 Å². The maximum Gasteiger partial charge on any atom is 0.128 e. The van der Waals surface area contributed by atoms with Crippen LogP contribution in [0.1, 0.15) is 12.7 Å². The van der Waals surface area contributed by atoms with Crippen LogP contribution in [0.3, 0.4) is 0 Å². The lowest BCUT2D eigenvalue weighted by Gasteiger charge is -2.05. The van der Waals surface area contributed by atoms with E-state index >= 15 is 0 Å². The third kappa shape index (κ3) is 1.96. The number of nitrogens with zero attached hydrogens (tertiary/aromatic N) is 2. The van der Waals surface area contributed by atoms with Crippen LogP contribution in [0, 0.1) is 0 Å². The topological polar surface area (TPSA) is 29.9 Å². The van der Waals surface area contributed by atoms with Gasteiger partial charge >= 0.3 is 0 Å². The van der Waals surface area contributed by atoms with E-state index in [4.69, 9.17) is 0 Å². The van der Waals surface area contributed by atoms with E-state index in [1.165, 1.54) is 5.69 Å². The van der Waals surface area contributed by atoms with Gasteiger partial charge in [0.2, 0.25) is 0 Å². The number of rotatable bonds is 4. The van der Waals surface area contributed by atoms with E-state index in [2.05, 4.69) is 38.6 Å². The minimum absolute atomic E-state index is 0.789. The Hall–Kier alpha value is -1.29. The highest BCUT2D eigenvalue weighted by Crippen LogP contribution is 2.12. The van der Waals surface area contributed by atoms with Crippen LogP contribution in [0.25, 0.3) is 0 Å². The molecule has 74 valence electrons. The first-order valence-corrected chi connectivity index (χ1v) is 5.60. The maximum absolute atomic E-state index is 4.29. The highest BCUT2D eigenvalue weighted by Gasteiger charge is 2.00. The molecule has 0 unspecified atom stereocenters. The average molecular weight is 207 g/mol. The molecule has 0 saturated heterocycles. The van der Waals surface area contributed by atoms with Crippen molar-refractivity contribution in [1.82, 2.24) is 9.55 Å². The number of hydrogen-bond donors (Lipinski definition) is 1. The molecule has 2 heterocycles. The predicted molar refractivity (Wildman–Crippen MR) is 59.5 cm³/mol. The van der Waals surface area contributed by atoms with Crippen molar-refractivity contribution in [3.8, 4) is 0 Å². The number of aromatic nitrogens is 2. The van der Waals surface area contributed by atoms with Crippen molar-refractivity contribution >= 4 is 17.0 Å². The number of nitrogens with one attached hydrogen (secondary N) is 1. The fourth-order valence-electron chi connectivity index (χ4n) is 1.34. The third-order valence-corrected chi connectivity index (χ3v) is 2.80. The van der Waals surface area contributed by atoms with E-state index in [1.54, 1.807) is 11.3 Å². The maximum atomic E-state index is 4.29. The van der Waals surface area contributed by atoms with Crippen LogP contribution in [-0.4, -0.2) is 9.55 Å². The number of hydrogen-bond acceptors (Lipinski definition) is 3. The summed E-state index contributed by atoms with van der Waals surface area (Å²) in [5, 5.41) is 7.49. The van der Waals surface area contributed by atoms with Gasteiger partial charge in [0, 0.05) is 30.0 Å². The van der Waals surface area contributed by atoms with Gasteiger partial charge in [-0.2, -0.15) is 11.3 Å². The molecule has 2 aromatic heterocycles. The van der Waals surface area contributed by atoms with Gasteiger partial charge in [0.05, 0.1) is 6.54 Å². The van der Waals surface area contributed by atoms with Gasteiger partial charge in [0.25, 0.3) is 0 Å². The lowest BCUT2D eigenvalue weighted by Crippen LogP contribution is -2.06. The number of imidazole rings is 1. The molecule has 2 rings (SSSR count). The molecular weight excluding hydrogens is 194 g/mol. The lowest BCUT2D eigenvalue weighted by atomic mass is 10.5. The zero-order valence-electron chi connectivity index (χ0n) is 8.10. The van der Waals surface area contributed by atoms with E-state index in [1.807, 2.05) is 12.4 Å². The van der Waals surface area contributed by atoms with E-state index in [0.717, 1.165) is 18.9 Å². The second kappa shape index (κ2) is 4.28. The molecule has 1 N–H and O–H groups in total. The summed E-state index contributed by atoms with van der Waals surface area (Å²) in [6.45, 7) is 3.88. The molecule has 0 aliphatic carbocycles. The van der Waals surface area contributed by atoms with E-state index in [0.29, 0.717) is 0 Å². The number of anilines is 1. The van der Waals surface area contributed by atoms with Gasteiger partial charge in [0.1, 0.15) is 5.82 Å². The highest BCUT2D eigenvalue weighted by atomic mass is 32.1. The Kier molecular flexibility index (Phi) is 2.84. The van der Waals surface area contributed by atoms with Crippen molar-refractivity contribution in [2.75, 3.05) is 5.32 Å². The molecule has 0 fully saturated rings. The molecule has 0 saturated carbocycles. The predicted octanol–water partition coefficient (Wildman–Crippen LogP) is 2.58. The highest BCUT2D eigenvalue weighted by molar-refractivity contribution is 7.08. The fraction of sp³-hybridized carbons (Fsp3) is 0.300. The largest absolute Gasteiger partial charge is 0.377 e. The molecule has 0 bridgehead atoms. The SMILES string of the molecule is CCn1ccnc1CNc1ccsc1. The van der Waals surface area contributed by atoms with Gasteiger partial charge in [-0.05, 0) is 18.4 Å². The summed E-state index contributed by atoms with van der Waals surface area (Å²) in [6.07, 6.45) is 3.85. The Morgan fingerprint density at radius 1 is 1.57 bits per heavy atom. The van der Waals surface area contributed by atoms with Crippen LogP contribution in [-0.2, 0) is 13.1 Å². The number of thiophene rings is 1. The van der Waals surface area contributed by atoms with Crippen molar-refractivity contribution in [1.29, 1.82) is 0 Å². The Labute approximate surface area is 87.4 Å². The first-order chi connectivity index (χ1) is 6.90. The van der Waals surface area contributed by atoms with E-state index < -0.39 is 0 Å². The first kappa shape index (κ1) is 9.27. The van der Waals surface area contributed by atoms with Gasteiger partial charge in [-0.25, -0.2) is 4.98 Å². The summed E-state index contributed by atoms with van der Waals surface area (Å²) in [6, 6.07) is 2.07. The molecule has 4 heteroatoms. The summed E-state index contributed by atoms with van der Waals surface area (Å²) in [7, 11) is 0. The average Bonchev–Trinajstić information content (AvgIpc) is 2.85. The first-order valence-electron chi connectivity index (χ1n) is 4.66. The second-order valence-corrected chi connectivity index (χ2v) is 3.78. The minimum atomic E-state index is 0.789. The van der Waals surface area contributed by atoms with Crippen LogP contribution in [0.5, 0.6) is 0 Å². The summed E-state index contributed by atoms with van der Waals surface area (Å²) in [5.74, 6) is 1.08. The molecule has 0 spiro atoms. The van der Waals surface area contributed by atoms with Crippen molar-refractivity contribution in [2.45, 2.75) is 20.0 Å². The van der Waals surface area contributed by atoms with Gasteiger partial charge in [0.15, 0.2) is 0 Å². The Morgan fingerprint density at radius 2 is 2.50 bits per heavy atom. The summed E-state index contributed by atoms with van der Waals surface area (Å²) in [4.78, 5) is 4.29. The van der Waals surface area contributed by atoms with Crippen molar-refractivity contribution in [3.63, 3.8) is 0 Å². The monoisotopic (exact) mass is 207 g/mol. The molecule has 0 aliphatic rings. The normalized spacial score (nSPS) is 10.4. The number of aryl methyl sites for hydroxylation is 1. The summed E-state index contributed by atoms with van der Waals surface area (Å²) < 4.78 is 2.14. The smallest absolute Gasteiger partial charge is 0.128 e. The zero-order valence-corrected chi connectivity index (χ0v) is 8.92. The van der Waals surface area contributed by atoms with Gasteiger partial charge < -0.3 is 9.88 Å². The molecule has 2 aromatic rings. The molecular formula is C10H13N3S. The van der Waals surface area contributed by atoms with Crippen molar-refractivity contribution in [3.05, 3.63) is 35.0 Å². The van der Waals surface area contributed by atoms with Gasteiger partial charge in [-0.1, -0.05) is 0 Å². The molecule has 0 radical (unpaired) electrons. The lowest BCUT2D eigenvalue weighted by molar-refractivity contribution is 0.708. The molecule has 0 aliphatic heterocycles. The molecule has 0 atom stereocenters. The van der Waals surface area contributed by atoms with Crippen LogP contribution in [0.15, 0.2) is 29.2 Å². The Bertz CT molecular complexity index is 378. The summed E-state index contributed by atoms with van der Waals surface area (Å²) in [5.41, 5.74) is 1.17. The third-order valence-electron chi connectivity index (χ3n) is 2.11.